The third kappa shape index (κ3) is 3.85. The summed E-state index contributed by atoms with van der Waals surface area (Å²) in [4.78, 5) is 14.0. The molecule has 2 heterocycles. The SMILES string of the molecule is CCN1C(=O)/C(=C/c2ccccc2F)S/C1=N/S(=O)(=O)c1ccc(Cl)s1. The number of amides is 1. The standard InChI is InChI=1S/C16H12ClFN2O3S3/c1-2-20-15(21)12(9-10-5-3-4-6-11(10)18)24-16(20)19-26(22,23)14-8-7-13(17)25-14/h3-9H,2H2,1H3/b12-9-,19-16+. The molecule has 1 aliphatic rings. The second-order valence-electron chi connectivity index (χ2n) is 5.09. The topological polar surface area (TPSA) is 66.8 Å². The number of amidine groups is 1. The van der Waals surface area contributed by atoms with Gasteiger partial charge in [0.1, 0.15) is 10.0 Å². The van der Waals surface area contributed by atoms with Crippen molar-refractivity contribution in [3.8, 4) is 0 Å². The van der Waals surface area contributed by atoms with Gasteiger partial charge in [0.25, 0.3) is 15.9 Å². The highest BCUT2D eigenvalue weighted by atomic mass is 35.5. The highest BCUT2D eigenvalue weighted by Gasteiger charge is 2.34. The van der Waals surface area contributed by atoms with Gasteiger partial charge in [-0.15, -0.1) is 15.7 Å². The highest BCUT2D eigenvalue weighted by molar-refractivity contribution is 8.19. The summed E-state index contributed by atoms with van der Waals surface area (Å²) >= 11 is 7.56. The van der Waals surface area contributed by atoms with Crippen molar-refractivity contribution in [1.82, 2.24) is 4.90 Å². The van der Waals surface area contributed by atoms with E-state index in [1.54, 1.807) is 19.1 Å². The Balaban J connectivity index is 1.99. The monoisotopic (exact) mass is 430 g/mol. The first kappa shape index (κ1) is 19.1. The fourth-order valence-electron chi connectivity index (χ4n) is 2.17. The third-order valence-electron chi connectivity index (χ3n) is 3.40. The van der Waals surface area contributed by atoms with Gasteiger partial charge < -0.3 is 0 Å². The van der Waals surface area contributed by atoms with Crippen LogP contribution in [0.25, 0.3) is 6.08 Å². The van der Waals surface area contributed by atoms with Gasteiger partial charge in [-0.1, -0.05) is 29.8 Å². The summed E-state index contributed by atoms with van der Waals surface area (Å²) in [6.07, 6.45) is 1.39. The molecule has 0 saturated carbocycles. The van der Waals surface area contributed by atoms with Gasteiger partial charge in [0.2, 0.25) is 0 Å². The molecule has 1 aromatic carbocycles. The molecule has 0 radical (unpaired) electrons. The van der Waals surface area contributed by atoms with Crippen molar-refractivity contribution >= 4 is 61.9 Å². The molecule has 26 heavy (non-hydrogen) atoms. The number of carbonyl (C=O) groups is 1. The van der Waals surface area contributed by atoms with Crippen LogP contribution in [0, 0.1) is 5.82 Å². The average Bonchev–Trinajstić information content (AvgIpc) is 3.14. The fourth-order valence-corrected chi connectivity index (χ4v) is 5.87. The van der Waals surface area contributed by atoms with Crippen LogP contribution in [-0.2, 0) is 14.8 Å². The zero-order chi connectivity index (χ0) is 18.9. The first-order valence-corrected chi connectivity index (χ1v) is 10.8. The molecule has 0 spiro atoms. The molecule has 0 unspecified atom stereocenters. The largest absolute Gasteiger partial charge is 0.294 e. The van der Waals surface area contributed by atoms with Crippen LogP contribution < -0.4 is 0 Å². The predicted molar refractivity (Wildman–Crippen MR) is 103 cm³/mol. The van der Waals surface area contributed by atoms with Gasteiger partial charge in [-0.05, 0) is 43.0 Å². The minimum Gasteiger partial charge on any atom is -0.286 e. The summed E-state index contributed by atoms with van der Waals surface area (Å²) in [6, 6.07) is 8.84. The molecule has 0 bridgehead atoms. The van der Waals surface area contributed by atoms with Crippen LogP contribution in [0.2, 0.25) is 4.34 Å². The number of thiophene rings is 1. The number of likely N-dealkylation sites (N-methyl/N-ethyl adjacent to an activating group) is 1. The van der Waals surface area contributed by atoms with E-state index in [0.29, 0.717) is 4.34 Å². The second kappa shape index (κ2) is 7.51. The van der Waals surface area contributed by atoms with Crippen LogP contribution in [0.1, 0.15) is 12.5 Å². The van der Waals surface area contributed by atoms with Gasteiger partial charge >= 0.3 is 0 Å². The van der Waals surface area contributed by atoms with Crippen LogP contribution in [0.3, 0.4) is 0 Å². The first-order valence-electron chi connectivity index (χ1n) is 7.38. The zero-order valence-corrected chi connectivity index (χ0v) is 16.6. The van der Waals surface area contributed by atoms with Crippen molar-refractivity contribution in [2.24, 2.45) is 4.40 Å². The van der Waals surface area contributed by atoms with Crippen molar-refractivity contribution in [3.63, 3.8) is 0 Å². The molecule has 2 aromatic rings. The number of sulfonamides is 1. The van der Waals surface area contributed by atoms with E-state index in [4.69, 9.17) is 11.6 Å². The smallest absolute Gasteiger partial charge is 0.286 e. The molecule has 1 amide bonds. The van der Waals surface area contributed by atoms with E-state index in [1.165, 1.54) is 35.2 Å². The minimum atomic E-state index is -3.99. The van der Waals surface area contributed by atoms with E-state index in [2.05, 4.69) is 4.40 Å². The lowest BCUT2D eigenvalue weighted by Crippen LogP contribution is -2.29. The van der Waals surface area contributed by atoms with E-state index in [-0.39, 0.29) is 26.4 Å². The summed E-state index contributed by atoms with van der Waals surface area (Å²) < 4.78 is 42.8. The van der Waals surface area contributed by atoms with Crippen molar-refractivity contribution in [2.75, 3.05) is 6.54 Å². The van der Waals surface area contributed by atoms with Gasteiger partial charge in [-0.2, -0.15) is 8.42 Å². The molecule has 1 fully saturated rings. The van der Waals surface area contributed by atoms with Crippen LogP contribution in [0.5, 0.6) is 0 Å². The van der Waals surface area contributed by atoms with Crippen LogP contribution in [0.15, 0.2) is 49.9 Å². The lowest BCUT2D eigenvalue weighted by molar-refractivity contribution is -0.122. The molecule has 5 nitrogen and oxygen atoms in total. The molecular weight excluding hydrogens is 419 g/mol. The minimum absolute atomic E-state index is 0.00867. The summed E-state index contributed by atoms with van der Waals surface area (Å²) in [6.45, 7) is 1.94. The quantitative estimate of drug-likeness (QED) is 0.681. The van der Waals surface area contributed by atoms with Gasteiger partial charge in [0, 0.05) is 12.1 Å². The molecule has 0 atom stereocenters. The molecule has 3 rings (SSSR count). The maximum atomic E-state index is 13.8. The van der Waals surface area contributed by atoms with E-state index >= 15 is 0 Å². The molecule has 136 valence electrons. The lowest BCUT2D eigenvalue weighted by atomic mass is 10.2. The Bertz CT molecular complexity index is 1030. The van der Waals surface area contributed by atoms with E-state index in [1.807, 2.05) is 0 Å². The summed E-state index contributed by atoms with van der Waals surface area (Å²) in [5.41, 5.74) is 0.244. The fraction of sp³-hybridized carbons (Fsp3) is 0.125. The van der Waals surface area contributed by atoms with Crippen molar-refractivity contribution in [1.29, 1.82) is 0 Å². The van der Waals surface area contributed by atoms with Gasteiger partial charge in [-0.25, -0.2) is 4.39 Å². The molecule has 1 aromatic heterocycles. The second-order valence-corrected chi connectivity index (χ2v) is 9.64. The van der Waals surface area contributed by atoms with Gasteiger partial charge in [-0.3, -0.25) is 9.69 Å². The molecular formula is C16H12ClFN2O3S3. The molecule has 0 N–H and O–H groups in total. The van der Waals surface area contributed by atoms with Gasteiger partial charge in [0.05, 0.1) is 9.24 Å². The highest BCUT2D eigenvalue weighted by Crippen LogP contribution is 2.35. The Morgan fingerprint density at radius 2 is 2.00 bits per heavy atom. The number of hydrogen-bond donors (Lipinski definition) is 0. The predicted octanol–water partition coefficient (Wildman–Crippen LogP) is 4.22. The maximum Gasteiger partial charge on any atom is 0.294 e. The van der Waals surface area contributed by atoms with E-state index in [0.717, 1.165) is 23.1 Å². The van der Waals surface area contributed by atoms with Crippen molar-refractivity contribution < 1.29 is 17.6 Å². The number of thioether (sulfide) groups is 1. The third-order valence-corrected chi connectivity index (χ3v) is 7.48. The van der Waals surface area contributed by atoms with Crippen LogP contribution >= 0.6 is 34.7 Å². The average molecular weight is 431 g/mol. The summed E-state index contributed by atoms with van der Waals surface area (Å²) in [7, 11) is -3.99. The summed E-state index contributed by atoms with van der Waals surface area (Å²) in [5, 5.41) is 0.0320. The lowest BCUT2D eigenvalue weighted by Gasteiger charge is -2.11. The van der Waals surface area contributed by atoms with Gasteiger partial charge in [0.15, 0.2) is 5.17 Å². The number of carbonyl (C=O) groups excluding carboxylic acids is 1. The molecule has 0 aliphatic carbocycles. The number of benzene rings is 1. The van der Waals surface area contributed by atoms with Crippen molar-refractivity contribution in [2.45, 2.75) is 11.1 Å². The molecule has 1 saturated heterocycles. The van der Waals surface area contributed by atoms with Crippen LogP contribution in [-0.4, -0.2) is 30.9 Å². The number of nitrogens with zero attached hydrogens (tertiary/aromatic N) is 2. The Morgan fingerprint density at radius 3 is 2.62 bits per heavy atom. The Kier molecular flexibility index (Phi) is 5.52. The number of rotatable bonds is 4. The summed E-state index contributed by atoms with van der Waals surface area (Å²) in [5.74, 6) is -0.887. The first-order chi connectivity index (χ1) is 12.3. The molecule has 1 aliphatic heterocycles. The van der Waals surface area contributed by atoms with Crippen LogP contribution in [0.4, 0.5) is 4.39 Å². The normalized spacial score (nSPS) is 18.3. The Labute approximate surface area is 163 Å². The number of halogens is 2. The zero-order valence-electron chi connectivity index (χ0n) is 13.3. The number of hydrogen-bond acceptors (Lipinski definition) is 5. The van der Waals surface area contributed by atoms with Crippen molar-refractivity contribution in [3.05, 3.63) is 57.0 Å². The maximum absolute atomic E-state index is 13.8. The Hall–Kier alpha value is -1.68. The molecule has 10 heteroatoms. The Morgan fingerprint density at radius 1 is 1.27 bits per heavy atom. The van der Waals surface area contributed by atoms with E-state index < -0.39 is 21.7 Å². The van der Waals surface area contributed by atoms with E-state index in [9.17, 15) is 17.6 Å².